The minimum absolute atomic E-state index is 0.242. The van der Waals surface area contributed by atoms with Crippen LogP contribution < -0.4 is 10.6 Å². The molecule has 26 heavy (non-hydrogen) atoms. The van der Waals surface area contributed by atoms with Crippen LogP contribution in [0.15, 0.2) is 42.9 Å². The van der Waals surface area contributed by atoms with Crippen LogP contribution in [0, 0.1) is 0 Å². The summed E-state index contributed by atoms with van der Waals surface area (Å²) in [5.74, 6) is -0.182. The number of hydrogen-bond acceptors (Lipinski definition) is 5. The lowest BCUT2D eigenvalue weighted by Crippen LogP contribution is -2.51. The van der Waals surface area contributed by atoms with Crippen molar-refractivity contribution in [3.8, 4) is 0 Å². The monoisotopic (exact) mass is 348 g/mol. The van der Waals surface area contributed by atoms with Crippen molar-refractivity contribution in [1.82, 2.24) is 30.2 Å². The van der Waals surface area contributed by atoms with Crippen molar-refractivity contribution >= 4 is 17.6 Å². The third kappa shape index (κ3) is 2.42. The molecular weight excluding hydrogens is 332 g/mol. The van der Waals surface area contributed by atoms with Crippen molar-refractivity contribution in [3.63, 3.8) is 0 Å². The van der Waals surface area contributed by atoms with Crippen LogP contribution in [0.4, 0.5) is 4.79 Å². The Balaban J connectivity index is 1.53. The van der Waals surface area contributed by atoms with E-state index in [0.717, 1.165) is 23.3 Å². The molecule has 2 fully saturated rings. The molecule has 0 spiro atoms. The number of carbonyl (C=O) groups is 2. The normalized spacial score (nSPS) is 25.0. The van der Waals surface area contributed by atoms with E-state index in [4.69, 9.17) is 0 Å². The number of urea groups is 1. The van der Waals surface area contributed by atoms with E-state index in [-0.39, 0.29) is 12.5 Å². The highest BCUT2D eigenvalue weighted by Crippen LogP contribution is 2.54. The van der Waals surface area contributed by atoms with Gasteiger partial charge >= 0.3 is 6.03 Å². The highest BCUT2D eigenvalue weighted by Gasteiger charge is 2.42. The minimum atomic E-state index is -0.509. The van der Waals surface area contributed by atoms with Crippen LogP contribution in [-0.2, 0) is 4.79 Å². The Bertz CT molecular complexity index is 1010. The third-order valence-corrected chi connectivity index (χ3v) is 5.04. The highest BCUT2D eigenvalue weighted by molar-refractivity contribution is 6.00. The summed E-state index contributed by atoms with van der Waals surface area (Å²) in [4.78, 5) is 32.4. The molecule has 1 unspecified atom stereocenters. The van der Waals surface area contributed by atoms with Gasteiger partial charge in [0.2, 0.25) is 5.91 Å². The molecule has 130 valence electrons. The lowest BCUT2D eigenvalue weighted by Gasteiger charge is -2.22. The zero-order chi connectivity index (χ0) is 17.7. The fraction of sp³-hybridized carbons (Fsp3) is 0.278. The van der Waals surface area contributed by atoms with Crippen LogP contribution in [0.2, 0.25) is 0 Å². The maximum atomic E-state index is 12.2. The topological polar surface area (TPSA) is 101 Å². The number of imide groups is 1. The second-order valence-electron chi connectivity index (χ2n) is 6.68. The molecule has 1 aliphatic heterocycles. The summed E-state index contributed by atoms with van der Waals surface area (Å²) in [5, 5.41) is 9.49. The number of amides is 3. The van der Waals surface area contributed by atoms with Gasteiger partial charge in [0.05, 0.1) is 11.6 Å². The van der Waals surface area contributed by atoms with Crippen LogP contribution in [-0.4, -0.2) is 38.1 Å². The zero-order valence-corrected chi connectivity index (χ0v) is 13.8. The Labute approximate surface area is 148 Å². The molecule has 1 aliphatic carbocycles. The maximum Gasteiger partial charge on any atom is 0.321 e. The first-order chi connectivity index (χ1) is 12.7. The molecule has 5 rings (SSSR count). The summed E-state index contributed by atoms with van der Waals surface area (Å²) in [6.45, 7) is 0.242. The molecular formula is C18H16N6O2. The maximum absolute atomic E-state index is 12.2. The average Bonchev–Trinajstić information content (AvgIpc) is 3.30. The van der Waals surface area contributed by atoms with Crippen molar-refractivity contribution in [2.24, 2.45) is 0 Å². The standard InChI is InChI=1S/C18H16N6O2/c25-17-13(9-21-18(26)22-17)15-8-12(16-20-5-6-24(16)23-15)10-7-11(10)14-3-1-2-4-19-14/h1-6,8,10-11,13H,7,9H2,(H2,21,22,25,26)/t10-,11-,13?/m0/s1. The quantitative estimate of drug-likeness (QED) is 0.743. The molecule has 3 aromatic rings. The summed E-state index contributed by atoms with van der Waals surface area (Å²) in [6, 6.07) is 7.44. The van der Waals surface area contributed by atoms with Gasteiger partial charge in [-0.3, -0.25) is 15.1 Å². The molecule has 2 aliphatic rings. The number of carbonyl (C=O) groups excluding carboxylic acids is 2. The molecule has 2 N–H and O–H groups in total. The second kappa shape index (κ2) is 5.62. The fourth-order valence-electron chi connectivity index (χ4n) is 3.64. The Morgan fingerprint density at radius 3 is 2.81 bits per heavy atom. The van der Waals surface area contributed by atoms with Crippen molar-refractivity contribution in [3.05, 3.63) is 59.8 Å². The Morgan fingerprint density at radius 1 is 1.08 bits per heavy atom. The molecule has 3 aromatic heterocycles. The molecule has 3 atom stereocenters. The lowest BCUT2D eigenvalue weighted by atomic mass is 9.99. The molecule has 1 saturated heterocycles. The summed E-state index contributed by atoms with van der Waals surface area (Å²) in [6.07, 6.45) is 6.29. The molecule has 8 nitrogen and oxygen atoms in total. The van der Waals surface area contributed by atoms with Gasteiger partial charge in [-0.2, -0.15) is 5.10 Å². The van der Waals surface area contributed by atoms with Crippen LogP contribution in [0.25, 0.3) is 5.65 Å². The van der Waals surface area contributed by atoms with Gasteiger partial charge in [-0.05, 0) is 30.5 Å². The SMILES string of the molecule is O=C1NCC(c2cc([C@H]3C[C@@H]3c3ccccn3)c3nccn3n2)C(=O)N1. The van der Waals surface area contributed by atoms with Crippen molar-refractivity contribution < 1.29 is 9.59 Å². The van der Waals surface area contributed by atoms with Gasteiger partial charge < -0.3 is 5.32 Å². The number of pyridine rings is 1. The Kier molecular flexibility index (Phi) is 3.24. The number of rotatable bonds is 3. The van der Waals surface area contributed by atoms with E-state index in [2.05, 4.69) is 25.7 Å². The van der Waals surface area contributed by atoms with Gasteiger partial charge in [-0.15, -0.1) is 0 Å². The molecule has 3 amide bonds. The second-order valence-corrected chi connectivity index (χ2v) is 6.68. The third-order valence-electron chi connectivity index (χ3n) is 5.04. The zero-order valence-electron chi connectivity index (χ0n) is 13.8. The van der Waals surface area contributed by atoms with E-state index >= 15 is 0 Å². The first-order valence-corrected chi connectivity index (χ1v) is 8.54. The number of fused-ring (bicyclic) bond motifs is 1. The van der Waals surface area contributed by atoms with Crippen LogP contribution >= 0.6 is 0 Å². The summed E-state index contributed by atoms with van der Waals surface area (Å²) < 4.78 is 1.71. The van der Waals surface area contributed by atoms with E-state index in [9.17, 15) is 9.59 Å². The van der Waals surface area contributed by atoms with Gasteiger partial charge in [0.15, 0.2) is 5.65 Å². The van der Waals surface area contributed by atoms with Crippen molar-refractivity contribution in [1.29, 1.82) is 0 Å². The Hall–Kier alpha value is -3.29. The number of hydrogen-bond donors (Lipinski definition) is 2. The largest absolute Gasteiger partial charge is 0.337 e. The van der Waals surface area contributed by atoms with E-state index in [1.807, 2.05) is 30.5 Å². The molecule has 0 radical (unpaired) electrons. The van der Waals surface area contributed by atoms with Gasteiger partial charge in [-0.1, -0.05) is 6.07 Å². The van der Waals surface area contributed by atoms with Gasteiger partial charge in [0.1, 0.15) is 0 Å². The molecule has 1 saturated carbocycles. The van der Waals surface area contributed by atoms with Crippen LogP contribution in [0.5, 0.6) is 0 Å². The predicted molar refractivity (Wildman–Crippen MR) is 91.6 cm³/mol. The molecule has 8 heteroatoms. The van der Waals surface area contributed by atoms with E-state index in [1.54, 1.807) is 16.9 Å². The predicted octanol–water partition coefficient (Wildman–Crippen LogP) is 1.32. The fourth-order valence-corrected chi connectivity index (χ4v) is 3.64. The van der Waals surface area contributed by atoms with Gasteiger partial charge in [0.25, 0.3) is 0 Å². The molecule has 0 aromatic carbocycles. The first-order valence-electron chi connectivity index (χ1n) is 8.54. The number of nitrogens with zero attached hydrogens (tertiary/aromatic N) is 4. The summed E-state index contributed by atoms with van der Waals surface area (Å²) in [7, 11) is 0. The Morgan fingerprint density at radius 2 is 2.00 bits per heavy atom. The highest BCUT2D eigenvalue weighted by atomic mass is 16.2. The van der Waals surface area contributed by atoms with Crippen LogP contribution in [0.1, 0.15) is 41.1 Å². The lowest BCUT2D eigenvalue weighted by molar-refractivity contribution is -0.122. The van der Waals surface area contributed by atoms with Crippen molar-refractivity contribution in [2.45, 2.75) is 24.2 Å². The summed E-state index contributed by atoms with van der Waals surface area (Å²) in [5.41, 5.74) is 3.58. The van der Waals surface area contributed by atoms with Gasteiger partial charge in [0, 0.05) is 42.3 Å². The minimum Gasteiger partial charge on any atom is -0.337 e. The van der Waals surface area contributed by atoms with Crippen molar-refractivity contribution in [2.75, 3.05) is 6.54 Å². The number of aromatic nitrogens is 4. The average molecular weight is 348 g/mol. The molecule has 4 heterocycles. The number of imidazole rings is 1. The smallest absolute Gasteiger partial charge is 0.321 e. The van der Waals surface area contributed by atoms with E-state index < -0.39 is 11.9 Å². The first kappa shape index (κ1) is 15.0. The van der Waals surface area contributed by atoms with Gasteiger partial charge in [-0.25, -0.2) is 14.3 Å². The van der Waals surface area contributed by atoms with E-state index in [0.29, 0.717) is 17.5 Å². The van der Waals surface area contributed by atoms with Crippen LogP contribution in [0.3, 0.4) is 0 Å². The summed E-state index contributed by atoms with van der Waals surface area (Å²) >= 11 is 0. The number of nitrogens with one attached hydrogen (secondary N) is 2. The van der Waals surface area contributed by atoms with E-state index in [1.165, 1.54) is 0 Å². The molecule has 0 bridgehead atoms.